The first-order chi connectivity index (χ1) is 11.2. The van der Waals surface area contributed by atoms with Crippen molar-refractivity contribution in [2.24, 2.45) is 5.92 Å². The highest BCUT2D eigenvalue weighted by atomic mass is 16.1. The number of nitrogens with one attached hydrogen (secondary N) is 1. The number of hydrogen-bond acceptors (Lipinski definition) is 2. The maximum Gasteiger partial charge on any atom is 0.227 e. The molecule has 0 aromatic heterocycles. The fraction of sp³-hybridized carbons (Fsp3) is 0.350. The summed E-state index contributed by atoms with van der Waals surface area (Å²) in [4.78, 5) is 14.3. The first kappa shape index (κ1) is 15.6. The van der Waals surface area contributed by atoms with Crippen LogP contribution in [-0.4, -0.2) is 12.5 Å². The van der Waals surface area contributed by atoms with E-state index in [-0.39, 0.29) is 11.8 Å². The fourth-order valence-electron chi connectivity index (χ4n) is 2.95. The maximum absolute atomic E-state index is 12.0. The number of nitrogens with zero attached hydrogens (tertiary/aromatic N) is 1. The number of benzene rings is 2. The van der Waals surface area contributed by atoms with Gasteiger partial charge in [-0.05, 0) is 68.7 Å². The second-order valence-electron chi connectivity index (χ2n) is 6.25. The second-order valence-corrected chi connectivity index (χ2v) is 6.25. The van der Waals surface area contributed by atoms with Crippen molar-refractivity contribution < 1.29 is 4.79 Å². The van der Waals surface area contributed by atoms with Crippen LogP contribution in [0.1, 0.15) is 31.7 Å². The summed E-state index contributed by atoms with van der Waals surface area (Å²) in [5.41, 5.74) is 4.47. The molecule has 0 bridgehead atoms. The molecule has 23 heavy (non-hydrogen) atoms. The van der Waals surface area contributed by atoms with Gasteiger partial charge in [0.05, 0.1) is 0 Å². The molecule has 1 aliphatic rings. The summed E-state index contributed by atoms with van der Waals surface area (Å²) in [7, 11) is 0. The molecule has 3 heteroatoms. The third-order valence-electron chi connectivity index (χ3n) is 4.55. The van der Waals surface area contributed by atoms with Gasteiger partial charge >= 0.3 is 0 Å². The van der Waals surface area contributed by atoms with Gasteiger partial charge in [0.1, 0.15) is 0 Å². The Bertz CT molecular complexity index is 674. The molecule has 0 spiro atoms. The van der Waals surface area contributed by atoms with Crippen LogP contribution >= 0.6 is 0 Å². The molecule has 2 aromatic rings. The third-order valence-corrected chi connectivity index (χ3v) is 4.55. The van der Waals surface area contributed by atoms with Crippen LogP contribution in [0.2, 0.25) is 0 Å². The first-order valence-corrected chi connectivity index (χ1v) is 8.42. The molecule has 1 saturated carbocycles. The predicted molar refractivity (Wildman–Crippen MR) is 96.3 cm³/mol. The van der Waals surface area contributed by atoms with Crippen molar-refractivity contribution in [3.8, 4) is 0 Å². The number of aryl methyl sites for hydroxylation is 1. The highest BCUT2D eigenvalue weighted by Crippen LogP contribution is 2.29. The molecule has 1 aliphatic carbocycles. The summed E-state index contributed by atoms with van der Waals surface area (Å²) in [5.74, 6) is 0.379. The molecule has 3 nitrogen and oxygen atoms in total. The average molecular weight is 308 g/mol. The number of hydrogen-bond donors (Lipinski definition) is 1. The topological polar surface area (TPSA) is 32.3 Å². The van der Waals surface area contributed by atoms with Crippen LogP contribution in [0.4, 0.5) is 17.1 Å². The molecule has 0 heterocycles. The van der Waals surface area contributed by atoms with E-state index in [4.69, 9.17) is 0 Å². The lowest BCUT2D eigenvalue weighted by molar-refractivity contribution is -0.122. The Balaban J connectivity index is 1.73. The number of anilines is 3. The quantitative estimate of drug-likeness (QED) is 0.852. The molecule has 120 valence electrons. The molecule has 0 saturated heterocycles. The summed E-state index contributed by atoms with van der Waals surface area (Å²) < 4.78 is 0. The van der Waals surface area contributed by atoms with Gasteiger partial charge in [-0.1, -0.05) is 18.6 Å². The van der Waals surface area contributed by atoms with E-state index in [9.17, 15) is 4.79 Å². The van der Waals surface area contributed by atoms with Crippen LogP contribution in [0.15, 0.2) is 48.5 Å². The van der Waals surface area contributed by atoms with E-state index >= 15 is 0 Å². The smallest absolute Gasteiger partial charge is 0.227 e. The molecule has 2 aromatic carbocycles. The van der Waals surface area contributed by atoms with Crippen LogP contribution in [0, 0.1) is 12.8 Å². The van der Waals surface area contributed by atoms with Gasteiger partial charge < -0.3 is 10.2 Å². The van der Waals surface area contributed by atoms with Gasteiger partial charge in [0, 0.05) is 29.5 Å². The summed E-state index contributed by atoms with van der Waals surface area (Å²) in [6, 6.07) is 16.6. The predicted octanol–water partition coefficient (Wildman–Crippen LogP) is 4.89. The Morgan fingerprint density at radius 2 is 1.87 bits per heavy atom. The van der Waals surface area contributed by atoms with Crippen molar-refractivity contribution in [3.63, 3.8) is 0 Å². The summed E-state index contributed by atoms with van der Waals surface area (Å²) in [6.45, 7) is 5.16. The van der Waals surface area contributed by atoms with Crippen molar-refractivity contribution >= 4 is 23.0 Å². The minimum atomic E-state index is 0.162. The standard InChI is InChI=1S/C20H24N2O/c1-3-22(19-9-4-6-15(2)14-19)18-12-10-17(11-13-18)21-20(23)16-7-5-8-16/h4,6,9-14,16H,3,5,7-8H2,1-2H3,(H,21,23). The van der Waals surface area contributed by atoms with Gasteiger partial charge in [-0.15, -0.1) is 0 Å². The molecule has 0 unspecified atom stereocenters. The molecule has 0 aliphatic heterocycles. The first-order valence-electron chi connectivity index (χ1n) is 8.42. The van der Waals surface area contributed by atoms with E-state index in [0.717, 1.165) is 30.8 Å². The number of amides is 1. The minimum absolute atomic E-state index is 0.162. The number of carbonyl (C=O) groups is 1. The average Bonchev–Trinajstić information content (AvgIpc) is 2.48. The van der Waals surface area contributed by atoms with Crippen LogP contribution in [0.5, 0.6) is 0 Å². The Morgan fingerprint density at radius 3 is 2.43 bits per heavy atom. The number of carbonyl (C=O) groups excluding carboxylic acids is 1. The van der Waals surface area contributed by atoms with E-state index in [1.165, 1.54) is 17.7 Å². The van der Waals surface area contributed by atoms with Crippen LogP contribution < -0.4 is 10.2 Å². The molecule has 1 amide bonds. The van der Waals surface area contributed by atoms with Crippen molar-refractivity contribution in [1.82, 2.24) is 0 Å². The van der Waals surface area contributed by atoms with Gasteiger partial charge in [0.25, 0.3) is 0 Å². The van der Waals surface area contributed by atoms with E-state index in [1.807, 2.05) is 12.1 Å². The zero-order valence-electron chi connectivity index (χ0n) is 13.9. The Kier molecular flexibility index (Phi) is 4.65. The van der Waals surface area contributed by atoms with E-state index in [0.29, 0.717) is 0 Å². The van der Waals surface area contributed by atoms with Crippen molar-refractivity contribution in [3.05, 3.63) is 54.1 Å². The summed E-state index contributed by atoms with van der Waals surface area (Å²) in [5, 5.41) is 3.02. The minimum Gasteiger partial charge on any atom is -0.342 e. The molecule has 3 rings (SSSR count). The third kappa shape index (κ3) is 3.55. The second kappa shape index (κ2) is 6.86. The highest BCUT2D eigenvalue weighted by Gasteiger charge is 2.25. The molecular formula is C20H24N2O. The molecule has 1 N–H and O–H groups in total. The molecule has 0 atom stereocenters. The van der Waals surface area contributed by atoms with E-state index < -0.39 is 0 Å². The largest absolute Gasteiger partial charge is 0.342 e. The van der Waals surface area contributed by atoms with Gasteiger partial charge in [0.15, 0.2) is 0 Å². The summed E-state index contributed by atoms with van der Waals surface area (Å²) in [6.07, 6.45) is 3.24. The highest BCUT2D eigenvalue weighted by molar-refractivity contribution is 5.93. The van der Waals surface area contributed by atoms with Gasteiger partial charge in [-0.2, -0.15) is 0 Å². The molecular weight excluding hydrogens is 284 g/mol. The van der Waals surface area contributed by atoms with Gasteiger partial charge in [-0.25, -0.2) is 0 Å². The van der Waals surface area contributed by atoms with Crippen molar-refractivity contribution in [2.45, 2.75) is 33.1 Å². The molecule has 0 radical (unpaired) electrons. The van der Waals surface area contributed by atoms with Crippen molar-refractivity contribution in [2.75, 3.05) is 16.8 Å². The number of rotatable bonds is 5. The van der Waals surface area contributed by atoms with Crippen LogP contribution in [-0.2, 0) is 4.79 Å². The Morgan fingerprint density at radius 1 is 1.13 bits per heavy atom. The summed E-state index contributed by atoms with van der Waals surface area (Å²) >= 11 is 0. The fourth-order valence-corrected chi connectivity index (χ4v) is 2.95. The van der Waals surface area contributed by atoms with E-state index in [1.54, 1.807) is 0 Å². The zero-order valence-corrected chi connectivity index (χ0v) is 13.9. The lowest BCUT2D eigenvalue weighted by Crippen LogP contribution is -2.28. The lowest BCUT2D eigenvalue weighted by Gasteiger charge is -2.25. The van der Waals surface area contributed by atoms with Crippen LogP contribution in [0.25, 0.3) is 0 Å². The monoisotopic (exact) mass is 308 g/mol. The Labute approximate surface area is 138 Å². The Hall–Kier alpha value is -2.29. The normalized spacial score (nSPS) is 14.2. The van der Waals surface area contributed by atoms with Crippen molar-refractivity contribution in [1.29, 1.82) is 0 Å². The zero-order chi connectivity index (χ0) is 16.2. The van der Waals surface area contributed by atoms with E-state index in [2.05, 4.69) is 60.5 Å². The molecule has 1 fully saturated rings. The van der Waals surface area contributed by atoms with Gasteiger partial charge in [-0.3, -0.25) is 4.79 Å². The lowest BCUT2D eigenvalue weighted by atomic mass is 9.85. The van der Waals surface area contributed by atoms with Gasteiger partial charge in [0.2, 0.25) is 5.91 Å². The maximum atomic E-state index is 12.0. The SMILES string of the molecule is CCN(c1ccc(NC(=O)C2CCC2)cc1)c1cccc(C)c1. The van der Waals surface area contributed by atoms with Crippen LogP contribution in [0.3, 0.4) is 0 Å².